The van der Waals surface area contributed by atoms with Crippen LogP contribution in [0.5, 0.6) is 5.75 Å². The monoisotopic (exact) mass is 608 g/mol. The second kappa shape index (κ2) is 13.3. The molecule has 1 aromatic heterocycles. The molecule has 2 fully saturated rings. The number of piperidine rings is 1. The number of hydrogen-bond acceptors (Lipinski definition) is 6. The average Bonchev–Trinajstić information content (AvgIpc) is 3.58. The summed E-state index contributed by atoms with van der Waals surface area (Å²) in [6, 6.07) is 9.02. The summed E-state index contributed by atoms with van der Waals surface area (Å²) in [6.07, 6.45) is -3.14. The molecule has 3 aliphatic rings. The molecule has 0 radical (unpaired) electrons. The number of aliphatic carboxylic acids is 2. The van der Waals surface area contributed by atoms with E-state index in [9.17, 15) is 26.3 Å². The van der Waals surface area contributed by atoms with E-state index >= 15 is 0 Å². The van der Waals surface area contributed by atoms with Gasteiger partial charge < -0.3 is 24.7 Å². The molecule has 1 aromatic carbocycles. The van der Waals surface area contributed by atoms with E-state index < -0.39 is 24.3 Å². The molecule has 15 heteroatoms. The lowest BCUT2D eigenvalue weighted by Crippen LogP contribution is -2.49. The van der Waals surface area contributed by atoms with Crippen molar-refractivity contribution in [1.29, 1.82) is 0 Å². The van der Waals surface area contributed by atoms with Crippen LogP contribution in [0.25, 0.3) is 11.3 Å². The second-order valence-corrected chi connectivity index (χ2v) is 10.5. The number of likely N-dealkylation sites (tertiary alicyclic amines) is 2. The van der Waals surface area contributed by atoms with E-state index in [1.54, 1.807) is 0 Å². The van der Waals surface area contributed by atoms with E-state index in [4.69, 9.17) is 29.6 Å². The number of carboxylic acids is 2. The zero-order valence-electron chi connectivity index (χ0n) is 23.2. The lowest BCUT2D eigenvalue weighted by Gasteiger charge is -2.45. The van der Waals surface area contributed by atoms with Crippen LogP contribution in [0.4, 0.5) is 26.3 Å². The molecular formula is C27H34F6N4O5. The van der Waals surface area contributed by atoms with Crippen LogP contribution in [0, 0.1) is 0 Å². The Morgan fingerprint density at radius 2 is 1.45 bits per heavy atom. The number of nitrogens with zero attached hydrogens (tertiary/aromatic N) is 4. The minimum absolute atomic E-state index is 0.221. The van der Waals surface area contributed by atoms with Crippen LogP contribution in [0.3, 0.4) is 0 Å². The highest BCUT2D eigenvalue weighted by molar-refractivity contribution is 5.74. The van der Waals surface area contributed by atoms with Gasteiger partial charge in [0.1, 0.15) is 17.0 Å². The number of rotatable bonds is 4. The van der Waals surface area contributed by atoms with Gasteiger partial charge in [0.2, 0.25) is 0 Å². The number of aromatic nitrogens is 2. The van der Waals surface area contributed by atoms with Crippen molar-refractivity contribution in [2.75, 3.05) is 32.7 Å². The molecular weight excluding hydrogens is 574 g/mol. The fourth-order valence-corrected chi connectivity index (χ4v) is 5.11. The van der Waals surface area contributed by atoms with E-state index in [0.29, 0.717) is 6.04 Å². The van der Waals surface area contributed by atoms with Gasteiger partial charge in [0, 0.05) is 55.8 Å². The van der Waals surface area contributed by atoms with Crippen molar-refractivity contribution in [3.8, 4) is 17.0 Å². The van der Waals surface area contributed by atoms with Gasteiger partial charge in [0.25, 0.3) is 0 Å². The molecule has 0 saturated carbocycles. The smallest absolute Gasteiger partial charge is 0.482 e. The van der Waals surface area contributed by atoms with Gasteiger partial charge in [-0.1, -0.05) is 12.1 Å². The Hall–Kier alpha value is -3.33. The van der Waals surface area contributed by atoms with Crippen LogP contribution in [0.1, 0.15) is 45.1 Å². The molecule has 0 aliphatic carbocycles. The van der Waals surface area contributed by atoms with E-state index in [-0.39, 0.29) is 5.60 Å². The first kappa shape index (κ1) is 33.2. The molecule has 2 saturated heterocycles. The molecule has 3 aliphatic heterocycles. The molecule has 2 aromatic rings. The summed E-state index contributed by atoms with van der Waals surface area (Å²) in [5.41, 5.74) is 3.37. The van der Waals surface area contributed by atoms with Gasteiger partial charge in [-0.2, -0.15) is 31.4 Å². The maximum absolute atomic E-state index is 10.6. The Morgan fingerprint density at radius 3 is 1.95 bits per heavy atom. The fraction of sp³-hybridized carbons (Fsp3) is 0.593. The summed E-state index contributed by atoms with van der Waals surface area (Å²) < 4.78 is 72.4. The standard InChI is InChI=1S/C23H32N4O.2C2HF3O2/c1-18(2)26-13-9-23(10-14-26)20-17-27(16-15-25-11-5-6-12-25)24-22(20)19-7-3-4-8-21(19)28-23;2*3-2(4,5)1(6)7/h3-4,7-8,17-18H,5-6,9-16H2,1-2H3;2*(H,6,7). The molecule has 0 atom stereocenters. The third-order valence-corrected chi connectivity index (χ3v) is 7.37. The van der Waals surface area contributed by atoms with E-state index in [1.165, 1.54) is 31.5 Å². The van der Waals surface area contributed by atoms with Crippen molar-refractivity contribution in [2.24, 2.45) is 0 Å². The number of carbonyl (C=O) groups is 2. The number of ether oxygens (including phenoxy) is 1. The second-order valence-electron chi connectivity index (χ2n) is 10.5. The van der Waals surface area contributed by atoms with Crippen molar-refractivity contribution in [1.82, 2.24) is 19.6 Å². The molecule has 2 N–H and O–H groups in total. The van der Waals surface area contributed by atoms with Crippen molar-refractivity contribution in [2.45, 2.75) is 70.1 Å². The maximum atomic E-state index is 10.6. The number of para-hydroxylation sites is 1. The number of halogens is 6. The van der Waals surface area contributed by atoms with Gasteiger partial charge in [-0.25, -0.2) is 9.59 Å². The van der Waals surface area contributed by atoms with Crippen molar-refractivity contribution >= 4 is 11.9 Å². The summed E-state index contributed by atoms with van der Waals surface area (Å²) in [7, 11) is 0. The van der Waals surface area contributed by atoms with Crippen molar-refractivity contribution in [3.63, 3.8) is 0 Å². The third-order valence-electron chi connectivity index (χ3n) is 7.37. The topological polar surface area (TPSA) is 108 Å². The molecule has 1 spiro atoms. The van der Waals surface area contributed by atoms with E-state index in [2.05, 4.69) is 58.8 Å². The first-order valence-electron chi connectivity index (χ1n) is 13.5. The number of hydrogen-bond donors (Lipinski definition) is 2. The summed E-state index contributed by atoms with van der Waals surface area (Å²) >= 11 is 0. The molecule has 0 bridgehead atoms. The number of alkyl halides is 6. The Balaban J connectivity index is 0.000000289. The molecule has 234 valence electrons. The van der Waals surface area contributed by atoms with Crippen LogP contribution >= 0.6 is 0 Å². The van der Waals surface area contributed by atoms with Crippen molar-refractivity contribution in [3.05, 3.63) is 36.0 Å². The maximum Gasteiger partial charge on any atom is 0.490 e. The zero-order valence-corrected chi connectivity index (χ0v) is 23.2. The highest BCUT2D eigenvalue weighted by Gasteiger charge is 2.45. The van der Waals surface area contributed by atoms with Gasteiger partial charge in [0.05, 0.1) is 6.54 Å². The molecule has 9 nitrogen and oxygen atoms in total. The lowest BCUT2D eigenvalue weighted by atomic mass is 9.81. The summed E-state index contributed by atoms with van der Waals surface area (Å²) in [4.78, 5) is 22.9. The van der Waals surface area contributed by atoms with Crippen LogP contribution in [-0.2, 0) is 21.7 Å². The average molecular weight is 609 g/mol. The molecule has 0 amide bonds. The highest BCUT2D eigenvalue weighted by Crippen LogP contribution is 2.49. The van der Waals surface area contributed by atoms with Gasteiger partial charge >= 0.3 is 24.3 Å². The quantitative estimate of drug-likeness (QED) is 0.467. The van der Waals surface area contributed by atoms with Crippen LogP contribution < -0.4 is 4.74 Å². The Morgan fingerprint density at radius 1 is 0.929 bits per heavy atom. The zero-order chi connectivity index (χ0) is 31.3. The van der Waals surface area contributed by atoms with Gasteiger partial charge in [-0.15, -0.1) is 0 Å². The van der Waals surface area contributed by atoms with Gasteiger partial charge in [0.15, 0.2) is 0 Å². The molecule has 0 unspecified atom stereocenters. The third kappa shape index (κ3) is 8.37. The summed E-state index contributed by atoms with van der Waals surface area (Å²) in [6.45, 7) is 11.3. The summed E-state index contributed by atoms with van der Waals surface area (Å²) in [5, 5.41) is 19.3. The number of benzene rings is 1. The number of fused-ring (bicyclic) bond motifs is 4. The molecule has 4 heterocycles. The van der Waals surface area contributed by atoms with E-state index in [1.807, 2.05) is 0 Å². The number of carboxylic acid groups (broad SMARTS) is 2. The fourth-order valence-electron chi connectivity index (χ4n) is 5.11. The molecule has 5 rings (SSSR count). The van der Waals surface area contributed by atoms with E-state index in [0.717, 1.165) is 56.0 Å². The first-order valence-corrected chi connectivity index (χ1v) is 13.5. The Labute approximate surface area is 238 Å². The Bertz CT molecular complexity index is 1190. The van der Waals surface area contributed by atoms with Crippen LogP contribution in [0.2, 0.25) is 0 Å². The predicted molar refractivity (Wildman–Crippen MR) is 139 cm³/mol. The molecule has 42 heavy (non-hydrogen) atoms. The Kier molecular flexibility index (Phi) is 10.5. The minimum Gasteiger partial charge on any atom is -0.482 e. The minimum atomic E-state index is -5.08. The highest BCUT2D eigenvalue weighted by atomic mass is 19.4. The van der Waals surface area contributed by atoms with Crippen LogP contribution in [-0.4, -0.2) is 92.9 Å². The normalized spacial score (nSPS) is 18.2. The van der Waals surface area contributed by atoms with Gasteiger partial charge in [-0.3, -0.25) is 4.68 Å². The van der Waals surface area contributed by atoms with Gasteiger partial charge in [-0.05, 0) is 51.9 Å². The SMILES string of the molecule is CC(C)N1CCC2(CC1)Oc1ccccc1-c1nn(CCN3CCCC3)cc12.O=C(O)C(F)(F)F.O=C(O)C(F)(F)F. The van der Waals surface area contributed by atoms with Crippen molar-refractivity contribution < 1.29 is 50.9 Å². The predicted octanol–water partition coefficient (Wildman–Crippen LogP) is 5.00. The lowest BCUT2D eigenvalue weighted by molar-refractivity contribution is -0.193. The van der Waals surface area contributed by atoms with Crippen LogP contribution in [0.15, 0.2) is 30.5 Å². The summed E-state index contributed by atoms with van der Waals surface area (Å²) in [5.74, 6) is -4.52. The first-order chi connectivity index (χ1) is 19.5. The largest absolute Gasteiger partial charge is 0.490 e.